The Morgan fingerprint density at radius 3 is 2.64 bits per heavy atom. The van der Waals surface area contributed by atoms with Gasteiger partial charge in [0.05, 0.1) is 13.7 Å². The van der Waals surface area contributed by atoms with Gasteiger partial charge in [0, 0.05) is 11.8 Å². The highest BCUT2D eigenvalue weighted by Crippen LogP contribution is 2.29. The molecule has 1 N–H and O–H groups in total. The quantitative estimate of drug-likeness (QED) is 0.419. The summed E-state index contributed by atoms with van der Waals surface area (Å²) in [5.41, 5.74) is 3.97. The lowest BCUT2D eigenvalue weighted by Crippen LogP contribution is -2.11. The number of unbranched alkanes of at least 4 members (excludes halogenated alkanes) is 2. The van der Waals surface area contributed by atoms with Gasteiger partial charge in [-0.15, -0.1) is 0 Å². The first-order chi connectivity index (χ1) is 13.6. The first-order valence-corrected chi connectivity index (χ1v) is 9.97. The average molecular weight is 382 g/mol. The van der Waals surface area contributed by atoms with Gasteiger partial charge in [0.15, 0.2) is 11.5 Å². The number of benzene rings is 2. The number of ether oxygens (including phenoxy) is 2. The van der Waals surface area contributed by atoms with Crippen molar-refractivity contribution >= 4 is 17.7 Å². The van der Waals surface area contributed by atoms with E-state index in [0.717, 1.165) is 53.8 Å². The third-order valence-electron chi connectivity index (χ3n) is 4.61. The Bertz CT molecular complexity index is 811. The van der Waals surface area contributed by atoms with Gasteiger partial charge in [0.2, 0.25) is 5.91 Å². The molecule has 0 aliphatic heterocycles. The van der Waals surface area contributed by atoms with Crippen LogP contribution in [0.4, 0.5) is 5.69 Å². The molecule has 0 aromatic heterocycles. The van der Waals surface area contributed by atoms with E-state index < -0.39 is 0 Å². The van der Waals surface area contributed by atoms with E-state index >= 15 is 0 Å². The second-order valence-electron chi connectivity index (χ2n) is 6.75. The Morgan fingerprint density at radius 1 is 1.11 bits per heavy atom. The van der Waals surface area contributed by atoms with Gasteiger partial charge in [-0.05, 0) is 54.7 Å². The third kappa shape index (κ3) is 6.15. The van der Waals surface area contributed by atoms with Gasteiger partial charge in [-0.25, -0.2) is 0 Å². The molecule has 2 rings (SSSR count). The van der Waals surface area contributed by atoms with Crippen molar-refractivity contribution in [3.8, 4) is 11.5 Å². The number of methoxy groups -OCH3 is 1. The summed E-state index contributed by atoms with van der Waals surface area (Å²) in [7, 11) is 1.62. The summed E-state index contributed by atoms with van der Waals surface area (Å²) >= 11 is 0. The first kappa shape index (κ1) is 21.5. The molecule has 0 aliphatic carbocycles. The van der Waals surface area contributed by atoms with Crippen molar-refractivity contribution < 1.29 is 14.3 Å². The molecule has 0 spiro atoms. The van der Waals surface area contributed by atoms with Crippen LogP contribution in [-0.4, -0.2) is 19.6 Å². The topological polar surface area (TPSA) is 47.6 Å². The number of amides is 1. The molecule has 0 saturated carbocycles. The second-order valence-corrected chi connectivity index (χ2v) is 6.75. The van der Waals surface area contributed by atoms with Crippen LogP contribution in [-0.2, 0) is 11.2 Å². The summed E-state index contributed by atoms with van der Waals surface area (Å²) in [4.78, 5) is 12.4. The molecule has 0 aliphatic rings. The Morgan fingerprint density at radius 2 is 1.93 bits per heavy atom. The second kappa shape index (κ2) is 11.2. The lowest BCUT2D eigenvalue weighted by Gasteiger charge is -2.12. The molecule has 4 heteroatoms. The van der Waals surface area contributed by atoms with E-state index in [0.29, 0.717) is 12.4 Å². The van der Waals surface area contributed by atoms with Crippen molar-refractivity contribution in [1.29, 1.82) is 0 Å². The molecule has 0 atom stereocenters. The van der Waals surface area contributed by atoms with Crippen molar-refractivity contribution in [2.24, 2.45) is 0 Å². The highest BCUT2D eigenvalue weighted by atomic mass is 16.5. The molecule has 0 fully saturated rings. The van der Waals surface area contributed by atoms with Gasteiger partial charge in [-0.1, -0.05) is 51.0 Å². The van der Waals surface area contributed by atoms with E-state index in [9.17, 15) is 4.79 Å². The lowest BCUT2D eigenvalue weighted by molar-refractivity contribution is -0.111. The average Bonchev–Trinajstić information content (AvgIpc) is 2.71. The smallest absolute Gasteiger partial charge is 0.248 e. The first-order valence-electron chi connectivity index (χ1n) is 9.97. The van der Waals surface area contributed by atoms with Crippen LogP contribution < -0.4 is 14.8 Å². The fourth-order valence-electron chi connectivity index (χ4n) is 2.98. The number of aryl methyl sites for hydroxylation is 2. The van der Waals surface area contributed by atoms with E-state index in [-0.39, 0.29) is 5.91 Å². The highest BCUT2D eigenvalue weighted by molar-refractivity contribution is 6.02. The van der Waals surface area contributed by atoms with E-state index in [2.05, 4.69) is 19.2 Å². The molecular formula is C24H31NO3. The number of rotatable bonds is 10. The molecule has 0 saturated heterocycles. The maximum absolute atomic E-state index is 12.4. The van der Waals surface area contributed by atoms with Crippen molar-refractivity contribution in [2.75, 3.05) is 19.0 Å². The van der Waals surface area contributed by atoms with Crippen LogP contribution in [0, 0.1) is 6.92 Å². The van der Waals surface area contributed by atoms with Crippen molar-refractivity contribution in [1.82, 2.24) is 0 Å². The van der Waals surface area contributed by atoms with E-state index in [1.165, 1.54) is 0 Å². The molecule has 0 bridgehead atoms. The minimum Gasteiger partial charge on any atom is -0.493 e. The molecule has 2 aromatic carbocycles. The largest absolute Gasteiger partial charge is 0.493 e. The van der Waals surface area contributed by atoms with Gasteiger partial charge >= 0.3 is 0 Å². The Kier molecular flexibility index (Phi) is 8.60. The van der Waals surface area contributed by atoms with Crippen molar-refractivity contribution in [3.05, 3.63) is 59.2 Å². The minimum atomic E-state index is -0.150. The van der Waals surface area contributed by atoms with Crippen LogP contribution >= 0.6 is 0 Å². The van der Waals surface area contributed by atoms with Crippen LogP contribution in [0.3, 0.4) is 0 Å². The molecule has 0 unspecified atom stereocenters. The van der Waals surface area contributed by atoms with E-state index in [1.54, 1.807) is 19.3 Å². The monoisotopic (exact) mass is 381 g/mol. The fourth-order valence-corrected chi connectivity index (χ4v) is 2.98. The predicted octanol–water partition coefficient (Wildman–Crippen LogP) is 5.79. The number of carbonyl (C=O) groups is 1. The molecule has 2 aromatic rings. The van der Waals surface area contributed by atoms with Gasteiger partial charge in [-0.3, -0.25) is 4.79 Å². The number of carbonyl (C=O) groups excluding carboxylic acids is 1. The van der Waals surface area contributed by atoms with E-state index in [4.69, 9.17) is 9.47 Å². The highest BCUT2D eigenvalue weighted by Gasteiger charge is 2.07. The summed E-state index contributed by atoms with van der Waals surface area (Å²) in [5.74, 6) is 1.25. The lowest BCUT2D eigenvalue weighted by atomic mass is 10.1. The van der Waals surface area contributed by atoms with Gasteiger partial charge in [-0.2, -0.15) is 0 Å². The van der Waals surface area contributed by atoms with Crippen molar-refractivity contribution in [2.45, 2.75) is 46.5 Å². The number of para-hydroxylation sites is 1. The van der Waals surface area contributed by atoms with Gasteiger partial charge < -0.3 is 14.8 Å². The molecule has 4 nitrogen and oxygen atoms in total. The fraction of sp³-hybridized carbons (Fsp3) is 0.375. The summed E-state index contributed by atoms with van der Waals surface area (Å²) in [6, 6.07) is 11.7. The Hall–Kier alpha value is -2.75. The Labute approximate surface area is 168 Å². The summed E-state index contributed by atoms with van der Waals surface area (Å²) in [5, 5.41) is 3.00. The zero-order valence-corrected chi connectivity index (χ0v) is 17.4. The van der Waals surface area contributed by atoms with Crippen LogP contribution in [0.2, 0.25) is 0 Å². The minimum absolute atomic E-state index is 0.150. The maximum atomic E-state index is 12.4. The van der Waals surface area contributed by atoms with Crippen LogP contribution in [0.25, 0.3) is 6.08 Å². The van der Waals surface area contributed by atoms with Gasteiger partial charge in [0.25, 0.3) is 0 Å². The number of nitrogens with one attached hydrogen (secondary N) is 1. The zero-order chi connectivity index (χ0) is 20.4. The molecule has 0 heterocycles. The maximum Gasteiger partial charge on any atom is 0.248 e. The van der Waals surface area contributed by atoms with Crippen LogP contribution in [0.1, 0.15) is 49.8 Å². The molecule has 0 radical (unpaired) electrons. The summed E-state index contributed by atoms with van der Waals surface area (Å²) < 4.78 is 11.2. The third-order valence-corrected chi connectivity index (χ3v) is 4.61. The molecule has 150 valence electrons. The molecular weight excluding hydrogens is 350 g/mol. The van der Waals surface area contributed by atoms with Crippen molar-refractivity contribution in [3.63, 3.8) is 0 Å². The number of hydrogen-bond acceptors (Lipinski definition) is 3. The Balaban J connectivity index is 2.04. The van der Waals surface area contributed by atoms with Gasteiger partial charge in [0.1, 0.15) is 0 Å². The van der Waals surface area contributed by atoms with E-state index in [1.807, 2.05) is 43.3 Å². The van der Waals surface area contributed by atoms with Crippen LogP contribution in [0.5, 0.6) is 11.5 Å². The normalized spacial score (nSPS) is 10.9. The van der Waals surface area contributed by atoms with Crippen LogP contribution in [0.15, 0.2) is 42.5 Å². The SMILES string of the molecule is CCCCCOc1ccc(C=CC(=O)Nc2c(C)cccc2CC)cc1OC. The number of anilines is 1. The molecule has 1 amide bonds. The standard InChI is InChI=1S/C24H31NO3/c1-5-7-8-16-28-21-14-12-19(17-22(21)27-4)13-15-23(26)25-24-18(3)10-9-11-20(24)6-2/h9-15,17H,5-8,16H2,1-4H3,(H,25,26). The molecule has 28 heavy (non-hydrogen) atoms. The predicted molar refractivity (Wildman–Crippen MR) is 116 cm³/mol. The zero-order valence-electron chi connectivity index (χ0n) is 17.4. The summed E-state index contributed by atoms with van der Waals surface area (Å²) in [6.07, 6.45) is 7.54. The number of hydrogen-bond donors (Lipinski definition) is 1. The summed E-state index contributed by atoms with van der Waals surface area (Å²) in [6.45, 7) is 6.93.